The molecule has 2 N–H and O–H groups in total. The number of carboxylic acid groups (broad SMARTS) is 1. The van der Waals surface area contributed by atoms with E-state index in [0.717, 1.165) is 16.1 Å². The Kier molecular flexibility index (Phi) is 5.87. The van der Waals surface area contributed by atoms with Crippen LogP contribution < -0.4 is 5.32 Å². The number of carboxylic acids is 1. The molecular weight excluding hydrogens is 312 g/mol. The molecule has 122 valence electrons. The van der Waals surface area contributed by atoms with Gasteiger partial charge in [-0.1, -0.05) is 29.8 Å². The summed E-state index contributed by atoms with van der Waals surface area (Å²) in [5.41, 5.74) is 4.48. The Labute approximate surface area is 139 Å². The summed E-state index contributed by atoms with van der Waals surface area (Å²) in [4.78, 5) is 28.6. The number of hydrogen-bond donors (Lipinski definition) is 2. The first-order chi connectivity index (χ1) is 11.0. The van der Waals surface area contributed by atoms with Crippen molar-refractivity contribution in [1.82, 2.24) is 10.3 Å². The van der Waals surface area contributed by atoms with Crippen LogP contribution in [0.15, 0.2) is 29.8 Å². The molecule has 0 fully saturated rings. The Morgan fingerprint density at radius 1 is 1.26 bits per heavy atom. The van der Waals surface area contributed by atoms with Crippen molar-refractivity contribution in [2.75, 3.05) is 6.54 Å². The topological polar surface area (TPSA) is 79.3 Å². The fourth-order valence-electron chi connectivity index (χ4n) is 2.24. The van der Waals surface area contributed by atoms with Crippen LogP contribution in [0, 0.1) is 13.8 Å². The predicted octanol–water partition coefficient (Wildman–Crippen LogP) is 2.68. The quantitative estimate of drug-likeness (QED) is 0.817. The predicted molar refractivity (Wildman–Crippen MR) is 89.7 cm³/mol. The van der Waals surface area contributed by atoms with E-state index in [1.165, 1.54) is 11.3 Å². The summed E-state index contributed by atoms with van der Waals surface area (Å²) >= 11 is 1.53. The number of nitrogens with one attached hydrogen (secondary N) is 1. The summed E-state index contributed by atoms with van der Waals surface area (Å²) in [6.07, 6.45) is 0.966. The monoisotopic (exact) mass is 332 g/mol. The molecule has 0 aliphatic heterocycles. The van der Waals surface area contributed by atoms with Crippen molar-refractivity contribution in [3.8, 4) is 0 Å². The second-order valence-electron chi connectivity index (χ2n) is 5.47. The van der Waals surface area contributed by atoms with Crippen LogP contribution in [-0.4, -0.2) is 28.5 Å². The van der Waals surface area contributed by atoms with E-state index in [0.29, 0.717) is 18.4 Å². The van der Waals surface area contributed by atoms with E-state index in [1.54, 1.807) is 17.6 Å². The van der Waals surface area contributed by atoms with Crippen LogP contribution >= 0.6 is 11.3 Å². The number of carbonyl (C=O) groups excluding carboxylic acids is 1. The SMILES string of the molecule is Cc1ccc(C(CNC(=O)CCc2scnc2C)C(=O)O)cc1. The van der Waals surface area contributed by atoms with Gasteiger partial charge in [-0.25, -0.2) is 4.98 Å². The number of aryl methyl sites for hydroxylation is 3. The minimum Gasteiger partial charge on any atom is -0.481 e. The van der Waals surface area contributed by atoms with Gasteiger partial charge in [0.2, 0.25) is 5.91 Å². The molecule has 0 radical (unpaired) electrons. The molecule has 0 aliphatic carbocycles. The molecule has 0 saturated heterocycles. The second kappa shape index (κ2) is 7.87. The zero-order valence-electron chi connectivity index (χ0n) is 13.2. The molecule has 1 aromatic heterocycles. The number of nitrogens with zero attached hydrogens (tertiary/aromatic N) is 1. The molecule has 23 heavy (non-hydrogen) atoms. The average Bonchev–Trinajstić information content (AvgIpc) is 2.92. The second-order valence-corrected chi connectivity index (χ2v) is 6.41. The average molecular weight is 332 g/mol. The van der Waals surface area contributed by atoms with Gasteiger partial charge in [0.05, 0.1) is 17.1 Å². The molecule has 6 heteroatoms. The smallest absolute Gasteiger partial charge is 0.312 e. The lowest BCUT2D eigenvalue weighted by Crippen LogP contribution is -2.31. The minimum absolute atomic E-state index is 0.0961. The van der Waals surface area contributed by atoms with Gasteiger partial charge in [0.15, 0.2) is 0 Å². The number of thiazole rings is 1. The molecule has 2 rings (SSSR count). The van der Waals surface area contributed by atoms with E-state index in [-0.39, 0.29) is 12.5 Å². The number of carbonyl (C=O) groups is 2. The van der Waals surface area contributed by atoms with Gasteiger partial charge >= 0.3 is 5.97 Å². The van der Waals surface area contributed by atoms with Gasteiger partial charge in [0.1, 0.15) is 0 Å². The van der Waals surface area contributed by atoms with Gasteiger partial charge in [0, 0.05) is 17.8 Å². The maximum absolute atomic E-state index is 11.9. The van der Waals surface area contributed by atoms with E-state index in [1.807, 2.05) is 26.0 Å². The lowest BCUT2D eigenvalue weighted by Gasteiger charge is -2.14. The van der Waals surface area contributed by atoms with Gasteiger partial charge < -0.3 is 10.4 Å². The number of aliphatic carboxylic acids is 1. The van der Waals surface area contributed by atoms with E-state index >= 15 is 0 Å². The number of hydrogen-bond acceptors (Lipinski definition) is 4. The fourth-order valence-corrected chi connectivity index (χ4v) is 3.03. The molecule has 0 aliphatic rings. The molecule has 0 spiro atoms. The molecule has 1 amide bonds. The van der Waals surface area contributed by atoms with Crippen molar-refractivity contribution < 1.29 is 14.7 Å². The van der Waals surface area contributed by atoms with Crippen LogP contribution in [0.1, 0.15) is 34.0 Å². The fraction of sp³-hybridized carbons (Fsp3) is 0.353. The maximum atomic E-state index is 11.9. The summed E-state index contributed by atoms with van der Waals surface area (Å²) < 4.78 is 0. The normalized spacial score (nSPS) is 11.9. The number of amides is 1. The zero-order chi connectivity index (χ0) is 16.8. The summed E-state index contributed by atoms with van der Waals surface area (Å²) in [6, 6.07) is 7.33. The number of benzene rings is 1. The molecular formula is C17H20N2O3S. The van der Waals surface area contributed by atoms with Crippen LogP contribution in [0.5, 0.6) is 0 Å². The molecule has 0 saturated carbocycles. The standard InChI is InChI=1S/C17H20N2O3S/c1-11-3-5-13(6-4-11)14(17(21)22)9-18-16(20)8-7-15-12(2)19-10-23-15/h3-6,10,14H,7-9H2,1-2H3,(H,18,20)(H,21,22). The van der Waals surface area contributed by atoms with E-state index in [9.17, 15) is 14.7 Å². The van der Waals surface area contributed by atoms with Crippen LogP contribution in [0.3, 0.4) is 0 Å². The van der Waals surface area contributed by atoms with Crippen LogP contribution in [0.4, 0.5) is 0 Å². The van der Waals surface area contributed by atoms with Crippen LogP contribution in [-0.2, 0) is 16.0 Å². The van der Waals surface area contributed by atoms with Gasteiger partial charge in [-0.2, -0.15) is 0 Å². The molecule has 0 bridgehead atoms. The summed E-state index contributed by atoms with van der Waals surface area (Å²) in [5.74, 6) is -1.81. The summed E-state index contributed by atoms with van der Waals surface area (Å²) in [7, 11) is 0. The Hall–Kier alpha value is -2.21. The molecule has 5 nitrogen and oxygen atoms in total. The minimum atomic E-state index is -0.938. The lowest BCUT2D eigenvalue weighted by atomic mass is 9.98. The first kappa shape index (κ1) is 17.1. The lowest BCUT2D eigenvalue weighted by molar-refractivity contribution is -0.138. The third-order valence-corrected chi connectivity index (χ3v) is 4.70. The Balaban J connectivity index is 1.88. The zero-order valence-corrected chi connectivity index (χ0v) is 14.0. The first-order valence-electron chi connectivity index (χ1n) is 7.42. The Bertz CT molecular complexity index is 679. The highest BCUT2D eigenvalue weighted by Gasteiger charge is 2.20. The van der Waals surface area contributed by atoms with Gasteiger partial charge in [-0.05, 0) is 25.8 Å². The van der Waals surface area contributed by atoms with Crippen molar-refractivity contribution in [2.24, 2.45) is 0 Å². The Morgan fingerprint density at radius 2 is 1.96 bits per heavy atom. The Morgan fingerprint density at radius 3 is 2.52 bits per heavy atom. The van der Waals surface area contributed by atoms with Crippen molar-refractivity contribution >= 4 is 23.2 Å². The van der Waals surface area contributed by atoms with E-state index in [2.05, 4.69) is 10.3 Å². The highest BCUT2D eigenvalue weighted by atomic mass is 32.1. The first-order valence-corrected chi connectivity index (χ1v) is 8.30. The highest BCUT2D eigenvalue weighted by molar-refractivity contribution is 7.09. The molecule has 2 aromatic rings. The van der Waals surface area contributed by atoms with Crippen molar-refractivity contribution in [3.05, 3.63) is 51.5 Å². The molecule has 1 atom stereocenters. The van der Waals surface area contributed by atoms with Crippen molar-refractivity contribution in [3.63, 3.8) is 0 Å². The number of rotatable bonds is 7. The van der Waals surface area contributed by atoms with Crippen molar-refractivity contribution in [2.45, 2.75) is 32.6 Å². The molecule has 1 aromatic carbocycles. The third-order valence-electron chi connectivity index (χ3n) is 3.71. The number of aromatic nitrogens is 1. The van der Waals surface area contributed by atoms with E-state index in [4.69, 9.17) is 0 Å². The molecule has 1 unspecified atom stereocenters. The van der Waals surface area contributed by atoms with E-state index < -0.39 is 11.9 Å². The summed E-state index contributed by atoms with van der Waals surface area (Å²) in [5, 5.41) is 12.1. The maximum Gasteiger partial charge on any atom is 0.312 e. The van der Waals surface area contributed by atoms with Crippen molar-refractivity contribution in [1.29, 1.82) is 0 Å². The molecule has 1 heterocycles. The highest BCUT2D eigenvalue weighted by Crippen LogP contribution is 2.17. The van der Waals surface area contributed by atoms with Crippen LogP contribution in [0.25, 0.3) is 0 Å². The van der Waals surface area contributed by atoms with Gasteiger partial charge in [-0.15, -0.1) is 11.3 Å². The largest absolute Gasteiger partial charge is 0.481 e. The third kappa shape index (κ3) is 4.89. The van der Waals surface area contributed by atoms with Gasteiger partial charge in [-0.3, -0.25) is 9.59 Å². The van der Waals surface area contributed by atoms with Gasteiger partial charge in [0.25, 0.3) is 0 Å². The summed E-state index contributed by atoms with van der Waals surface area (Å²) in [6.45, 7) is 3.96. The van der Waals surface area contributed by atoms with Crippen LogP contribution in [0.2, 0.25) is 0 Å².